The van der Waals surface area contributed by atoms with Gasteiger partial charge in [0.1, 0.15) is 11.4 Å². The van der Waals surface area contributed by atoms with Crippen LogP contribution in [-0.4, -0.2) is 60.6 Å². The summed E-state index contributed by atoms with van der Waals surface area (Å²) in [4.78, 5) is 17.9. The van der Waals surface area contributed by atoms with E-state index in [0.29, 0.717) is 19.0 Å². The van der Waals surface area contributed by atoms with Crippen LogP contribution in [0.1, 0.15) is 43.7 Å². The van der Waals surface area contributed by atoms with Crippen LogP contribution in [0.15, 0.2) is 18.2 Å². The smallest absolute Gasteiger partial charge is 0.227 e. The van der Waals surface area contributed by atoms with E-state index in [-0.39, 0.29) is 11.5 Å². The number of hydrogen-bond donors (Lipinski definition) is 1. The maximum absolute atomic E-state index is 13.4. The molecule has 0 radical (unpaired) electrons. The summed E-state index contributed by atoms with van der Waals surface area (Å²) in [5, 5.41) is 3.40. The average molecular weight is 372 g/mol. The Morgan fingerprint density at radius 3 is 2.85 bits per heavy atom. The maximum Gasteiger partial charge on any atom is 0.227 e. The lowest BCUT2D eigenvalue weighted by molar-refractivity contribution is -0.140. The van der Waals surface area contributed by atoms with Gasteiger partial charge in [0.2, 0.25) is 5.91 Å². The van der Waals surface area contributed by atoms with Crippen LogP contribution >= 0.6 is 0 Å². The van der Waals surface area contributed by atoms with E-state index in [2.05, 4.69) is 47.2 Å². The molecular formula is C22H33N3O2. The number of ether oxygens (including phenoxy) is 1. The van der Waals surface area contributed by atoms with Crippen LogP contribution < -0.4 is 10.1 Å². The van der Waals surface area contributed by atoms with Gasteiger partial charge in [-0.1, -0.05) is 24.6 Å². The Hall–Kier alpha value is -1.59. The van der Waals surface area contributed by atoms with Gasteiger partial charge in [-0.05, 0) is 38.9 Å². The third kappa shape index (κ3) is 3.99. The molecule has 0 aliphatic carbocycles. The molecule has 1 spiro atoms. The first-order chi connectivity index (χ1) is 13.1. The molecule has 0 bridgehead atoms. The zero-order valence-corrected chi connectivity index (χ0v) is 16.8. The molecule has 3 aliphatic rings. The van der Waals surface area contributed by atoms with Gasteiger partial charge in [-0.25, -0.2) is 0 Å². The van der Waals surface area contributed by atoms with Crippen LogP contribution in [0.2, 0.25) is 0 Å². The summed E-state index contributed by atoms with van der Waals surface area (Å²) in [6, 6.07) is 6.42. The van der Waals surface area contributed by atoms with Crippen LogP contribution in [0.3, 0.4) is 0 Å². The van der Waals surface area contributed by atoms with Gasteiger partial charge in [-0.15, -0.1) is 0 Å². The highest BCUT2D eigenvalue weighted by Gasteiger charge is 2.42. The predicted octanol–water partition coefficient (Wildman–Crippen LogP) is 2.57. The van der Waals surface area contributed by atoms with E-state index in [4.69, 9.17) is 4.74 Å². The lowest BCUT2D eigenvalue weighted by Gasteiger charge is -2.43. The first-order valence-electron chi connectivity index (χ1n) is 10.6. The highest BCUT2D eigenvalue weighted by atomic mass is 16.5. The first kappa shape index (κ1) is 18.8. The topological polar surface area (TPSA) is 44.8 Å². The number of nitrogens with zero attached hydrogens (tertiary/aromatic N) is 2. The first-order valence-corrected chi connectivity index (χ1v) is 10.6. The number of fused-ring (bicyclic) bond motifs is 1. The minimum absolute atomic E-state index is 0.109. The summed E-state index contributed by atoms with van der Waals surface area (Å²) < 4.78 is 6.66. The molecule has 1 aromatic carbocycles. The molecule has 2 fully saturated rings. The Kier molecular flexibility index (Phi) is 5.42. The Morgan fingerprint density at radius 1 is 1.33 bits per heavy atom. The van der Waals surface area contributed by atoms with Crippen molar-refractivity contribution in [3.63, 3.8) is 0 Å². The second-order valence-corrected chi connectivity index (χ2v) is 8.57. The largest absolute Gasteiger partial charge is 0.485 e. The molecule has 27 heavy (non-hydrogen) atoms. The molecule has 3 heterocycles. The lowest BCUT2D eigenvalue weighted by atomic mass is 9.89. The molecule has 1 atom stereocenters. The van der Waals surface area contributed by atoms with E-state index in [1.54, 1.807) is 0 Å². The number of likely N-dealkylation sites (tertiary alicyclic amines) is 1. The lowest BCUT2D eigenvalue weighted by Crippen LogP contribution is -2.55. The number of amides is 1. The van der Waals surface area contributed by atoms with E-state index < -0.39 is 0 Å². The molecule has 5 heteroatoms. The third-order valence-electron chi connectivity index (χ3n) is 6.55. The fraction of sp³-hybridized carbons (Fsp3) is 0.682. The van der Waals surface area contributed by atoms with Gasteiger partial charge in [0, 0.05) is 44.6 Å². The molecule has 1 N–H and O–H groups in total. The highest BCUT2D eigenvalue weighted by molar-refractivity contribution is 5.79. The number of benzene rings is 1. The van der Waals surface area contributed by atoms with Crippen molar-refractivity contribution in [2.24, 2.45) is 5.92 Å². The molecule has 148 valence electrons. The third-order valence-corrected chi connectivity index (χ3v) is 6.55. The van der Waals surface area contributed by atoms with Gasteiger partial charge in [-0.2, -0.15) is 0 Å². The van der Waals surface area contributed by atoms with Gasteiger partial charge in [0.15, 0.2) is 0 Å². The molecule has 0 aromatic heterocycles. The normalized spacial score (nSPS) is 25.6. The van der Waals surface area contributed by atoms with Crippen molar-refractivity contribution in [3.8, 4) is 5.75 Å². The van der Waals surface area contributed by atoms with Crippen molar-refractivity contribution in [2.45, 2.75) is 51.7 Å². The second kappa shape index (κ2) is 7.80. The van der Waals surface area contributed by atoms with Crippen molar-refractivity contribution in [1.82, 2.24) is 15.1 Å². The minimum atomic E-state index is -0.246. The fourth-order valence-electron chi connectivity index (χ4n) is 4.82. The van der Waals surface area contributed by atoms with Crippen LogP contribution in [0.4, 0.5) is 0 Å². The zero-order chi connectivity index (χ0) is 18.9. The molecule has 2 saturated heterocycles. The number of rotatable bonds is 2. The summed E-state index contributed by atoms with van der Waals surface area (Å²) in [5.74, 6) is 1.39. The monoisotopic (exact) mass is 371 g/mol. The van der Waals surface area contributed by atoms with E-state index in [9.17, 15) is 4.79 Å². The number of aryl methyl sites for hydroxylation is 1. The van der Waals surface area contributed by atoms with Crippen molar-refractivity contribution in [1.29, 1.82) is 0 Å². The van der Waals surface area contributed by atoms with Crippen molar-refractivity contribution >= 4 is 5.91 Å². The van der Waals surface area contributed by atoms with Crippen molar-refractivity contribution < 1.29 is 9.53 Å². The number of carbonyl (C=O) groups excluding carboxylic acids is 1. The summed E-state index contributed by atoms with van der Waals surface area (Å²) in [6.45, 7) is 10.7. The number of carbonyl (C=O) groups is 1. The Balaban J connectivity index is 1.62. The van der Waals surface area contributed by atoms with Crippen LogP contribution in [0, 0.1) is 12.8 Å². The Labute approximate surface area is 163 Å². The standard InChI is InChI=1S/C22H33N3O2/c1-3-24-11-8-22(9-12-24)16-25(21(26)18-5-4-10-23-14-18)15-19-13-17(2)6-7-20(19)27-22/h6-7,13,18,23H,3-5,8-12,14-16H2,1-2H3/t18-/m1/s1. The van der Waals surface area contributed by atoms with E-state index in [0.717, 1.165) is 69.7 Å². The Morgan fingerprint density at radius 2 is 2.15 bits per heavy atom. The van der Waals surface area contributed by atoms with Gasteiger partial charge >= 0.3 is 0 Å². The second-order valence-electron chi connectivity index (χ2n) is 8.57. The predicted molar refractivity (Wildman–Crippen MR) is 107 cm³/mol. The van der Waals surface area contributed by atoms with Crippen LogP contribution in [-0.2, 0) is 11.3 Å². The molecule has 4 rings (SSSR count). The average Bonchev–Trinajstić information content (AvgIpc) is 2.85. The van der Waals surface area contributed by atoms with Crippen molar-refractivity contribution in [2.75, 3.05) is 39.3 Å². The van der Waals surface area contributed by atoms with Gasteiger partial charge in [0.25, 0.3) is 0 Å². The number of hydrogen-bond acceptors (Lipinski definition) is 4. The molecular weight excluding hydrogens is 338 g/mol. The molecule has 5 nitrogen and oxygen atoms in total. The molecule has 3 aliphatic heterocycles. The Bertz CT molecular complexity index is 676. The zero-order valence-electron chi connectivity index (χ0n) is 16.8. The molecule has 1 aromatic rings. The minimum Gasteiger partial charge on any atom is -0.485 e. The van der Waals surface area contributed by atoms with E-state index in [1.165, 1.54) is 5.56 Å². The van der Waals surface area contributed by atoms with Gasteiger partial charge in [-0.3, -0.25) is 4.79 Å². The molecule has 1 amide bonds. The summed E-state index contributed by atoms with van der Waals surface area (Å²) in [6.07, 6.45) is 4.06. The molecule has 0 saturated carbocycles. The van der Waals surface area contributed by atoms with E-state index >= 15 is 0 Å². The number of piperidine rings is 2. The SMILES string of the molecule is CCN1CCC2(CC1)CN(C(=O)[C@@H]1CCCNC1)Cc1cc(C)ccc1O2. The highest BCUT2D eigenvalue weighted by Crippen LogP contribution is 2.36. The van der Waals surface area contributed by atoms with E-state index in [1.807, 2.05) is 0 Å². The fourth-order valence-corrected chi connectivity index (χ4v) is 4.82. The maximum atomic E-state index is 13.4. The van der Waals surface area contributed by atoms with Crippen LogP contribution in [0.5, 0.6) is 5.75 Å². The van der Waals surface area contributed by atoms with Crippen LogP contribution in [0.25, 0.3) is 0 Å². The summed E-state index contributed by atoms with van der Waals surface area (Å²) in [7, 11) is 0. The summed E-state index contributed by atoms with van der Waals surface area (Å²) in [5.41, 5.74) is 2.13. The molecule has 0 unspecified atom stereocenters. The summed E-state index contributed by atoms with van der Waals surface area (Å²) >= 11 is 0. The van der Waals surface area contributed by atoms with Gasteiger partial charge < -0.3 is 19.9 Å². The number of nitrogens with one attached hydrogen (secondary N) is 1. The quantitative estimate of drug-likeness (QED) is 0.868. The van der Waals surface area contributed by atoms with Gasteiger partial charge in [0.05, 0.1) is 12.5 Å². The van der Waals surface area contributed by atoms with Crippen molar-refractivity contribution in [3.05, 3.63) is 29.3 Å².